The second-order valence-corrected chi connectivity index (χ2v) is 6.31. The van der Waals surface area contributed by atoms with Gasteiger partial charge in [-0.05, 0) is 27.7 Å². The molecule has 8 heteroatoms. The number of imide groups is 1. The third-order valence-electron chi connectivity index (χ3n) is 3.40. The van der Waals surface area contributed by atoms with Crippen molar-refractivity contribution in [1.82, 2.24) is 10.2 Å². The van der Waals surface area contributed by atoms with Crippen LogP contribution in [-0.2, 0) is 23.9 Å². The number of carbonyl (C=O) groups excluding carboxylic acids is 4. The first-order chi connectivity index (χ1) is 9.97. The van der Waals surface area contributed by atoms with Crippen LogP contribution in [0.3, 0.4) is 0 Å². The fraction of sp³-hybridized carbons (Fsp3) is 0.714. The summed E-state index contributed by atoms with van der Waals surface area (Å²) in [5.74, 6) is -2.12. The standard InChI is InChI=1S/C14H22N2O6/c1-13(2,3)22-12(20)16-8(9(17)21-6)7-14(4,11(16)19)10(18)15-5/h8H,7H2,1-6H3,(H,15,18)/t8-,14-/m0/s1. The fourth-order valence-electron chi connectivity index (χ4n) is 2.28. The molecule has 0 saturated carbocycles. The first kappa shape index (κ1) is 17.9. The van der Waals surface area contributed by atoms with Gasteiger partial charge in [-0.15, -0.1) is 0 Å². The highest BCUT2D eigenvalue weighted by Crippen LogP contribution is 2.37. The number of methoxy groups -OCH3 is 1. The largest absolute Gasteiger partial charge is 0.467 e. The molecule has 1 N–H and O–H groups in total. The van der Waals surface area contributed by atoms with Gasteiger partial charge in [0.25, 0.3) is 0 Å². The van der Waals surface area contributed by atoms with Gasteiger partial charge in [0.2, 0.25) is 11.8 Å². The van der Waals surface area contributed by atoms with Gasteiger partial charge in [0, 0.05) is 13.5 Å². The number of nitrogens with one attached hydrogen (secondary N) is 1. The molecule has 1 rings (SSSR count). The summed E-state index contributed by atoms with van der Waals surface area (Å²) < 4.78 is 9.78. The number of esters is 1. The number of nitrogens with zero attached hydrogens (tertiary/aromatic N) is 1. The van der Waals surface area contributed by atoms with Crippen molar-refractivity contribution in [3.8, 4) is 0 Å². The van der Waals surface area contributed by atoms with Crippen LogP contribution in [0.2, 0.25) is 0 Å². The van der Waals surface area contributed by atoms with Crippen molar-refractivity contribution in [1.29, 1.82) is 0 Å². The van der Waals surface area contributed by atoms with E-state index >= 15 is 0 Å². The molecule has 2 atom stereocenters. The minimum Gasteiger partial charge on any atom is -0.467 e. The number of carbonyl (C=O) groups is 4. The van der Waals surface area contributed by atoms with E-state index in [-0.39, 0.29) is 6.42 Å². The van der Waals surface area contributed by atoms with E-state index in [1.54, 1.807) is 20.8 Å². The number of likely N-dealkylation sites (tertiary alicyclic amines) is 1. The smallest absolute Gasteiger partial charge is 0.417 e. The van der Waals surface area contributed by atoms with Crippen molar-refractivity contribution in [2.45, 2.75) is 45.8 Å². The van der Waals surface area contributed by atoms with Crippen molar-refractivity contribution >= 4 is 23.9 Å². The maximum Gasteiger partial charge on any atom is 0.417 e. The zero-order valence-corrected chi connectivity index (χ0v) is 13.7. The van der Waals surface area contributed by atoms with Crippen LogP contribution in [0.25, 0.3) is 0 Å². The molecule has 0 aromatic carbocycles. The predicted molar refractivity (Wildman–Crippen MR) is 75.7 cm³/mol. The van der Waals surface area contributed by atoms with Crippen LogP contribution in [0, 0.1) is 5.41 Å². The van der Waals surface area contributed by atoms with Gasteiger partial charge in [0.15, 0.2) is 0 Å². The Bertz CT molecular complexity index is 510. The van der Waals surface area contributed by atoms with E-state index in [2.05, 4.69) is 10.1 Å². The number of amides is 3. The highest BCUT2D eigenvalue weighted by Gasteiger charge is 2.58. The second-order valence-electron chi connectivity index (χ2n) is 6.31. The molecule has 1 aliphatic heterocycles. The Morgan fingerprint density at radius 3 is 2.27 bits per heavy atom. The Hall–Kier alpha value is -2.12. The summed E-state index contributed by atoms with van der Waals surface area (Å²) in [4.78, 5) is 49.3. The van der Waals surface area contributed by atoms with Gasteiger partial charge in [-0.2, -0.15) is 0 Å². The van der Waals surface area contributed by atoms with E-state index in [0.717, 1.165) is 7.11 Å². The van der Waals surface area contributed by atoms with Crippen LogP contribution in [0.15, 0.2) is 0 Å². The van der Waals surface area contributed by atoms with Gasteiger partial charge in [0.1, 0.15) is 17.1 Å². The molecule has 0 radical (unpaired) electrons. The van der Waals surface area contributed by atoms with Crippen LogP contribution >= 0.6 is 0 Å². The molecule has 1 saturated heterocycles. The molecule has 1 heterocycles. The van der Waals surface area contributed by atoms with E-state index in [4.69, 9.17) is 4.74 Å². The zero-order valence-electron chi connectivity index (χ0n) is 13.7. The quantitative estimate of drug-likeness (QED) is 0.586. The Labute approximate surface area is 129 Å². The number of hydrogen-bond acceptors (Lipinski definition) is 6. The maximum absolute atomic E-state index is 12.5. The molecule has 0 aromatic rings. The fourth-order valence-corrected chi connectivity index (χ4v) is 2.28. The predicted octanol–water partition coefficient (Wildman–Crippen LogP) is 0.448. The summed E-state index contributed by atoms with van der Waals surface area (Å²) in [6.07, 6.45) is -1.13. The van der Waals surface area contributed by atoms with Gasteiger partial charge in [0.05, 0.1) is 7.11 Å². The zero-order chi connectivity index (χ0) is 17.3. The average Bonchev–Trinajstić information content (AvgIpc) is 2.68. The first-order valence-electron chi connectivity index (χ1n) is 6.84. The van der Waals surface area contributed by atoms with Gasteiger partial charge in [-0.25, -0.2) is 14.5 Å². The normalized spacial score (nSPS) is 24.9. The molecule has 0 bridgehead atoms. The molecule has 0 unspecified atom stereocenters. The molecule has 0 aromatic heterocycles. The maximum atomic E-state index is 12.5. The summed E-state index contributed by atoms with van der Waals surface area (Å²) in [6.45, 7) is 6.29. The second kappa shape index (κ2) is 5.94. The van der Waals surface area contributed by atoms with Gasteiger partial charge in [-0.1, -0.05) is 0 Å². The Morgan fingerprint density at radius 1 is 1.32 bits per heavy atom. The van der Waals surface area contributed by atoms with E-state index in [1.165, 1.54) is 14.0 Å². The lowest BCUT2D eigenvalue weighted by atomic mass is 9.86. The minimum absolute atomic E-state index is 0.155. The topological polar surface area (TPSA) is 102 Å². The lowest BCUT2D eigenvalue weighted by Crippen LogP contribution is -2.48. The average molecular weight is 314 g/mol. The molecule has 0 aliphatic carbocycles. The van der Waals surface area contributed by atoms with Gasteiger partial charge in [-0.3, -0.25) is 9.59 Å². The van der Waals surface area contributed by atoms with Crippen molar-refractivity contribution in [2.75, 3.05) is 14.2 Å². The van der Waals surface area contributed by atoms with Crippen LogP contribution in [0.1, 0.15) is 34.1 Å². The van der Waals surface area contributed by atoms with Crippen LogP contribution < -0.4 is 5.32 Å². The summed E-state index contributed by atoms with van der Waals surface area (Å²) >= 11 is 0. The molecule has 8 nitrogen and oxygen atoms in total. The van der Waals surface area contributed by atoms with E-state index in [9.17, 15) is 19.2 Å². The highest BCUT2D eigenvalue weighted by atomic mass is 16.6. The molecule has 0 spiro atoms. The molecule has 1 fully saturated rings. The summed E-state index contributed by atoms with van der Waals surface area (Å²) in [5, 5.41) is 2.37. The van der Waals surface area contributed by atoms with Gasteiger partial charge < -0.3 is 14.8 Å². The van der Waals surface area contributed by atoms with E-state index in [1.807, 2.05) is 0 Å². The number of ether oxygens (including phenoxy) is 2. The Kier molecular flexibility index (Phi) is 4.84. The van der Waals surface area contributed by atoms with Crippen molar-refractivity contribution in [2.24, 2.45) is 5.41 Å². The van der Waals surface area contributed by atoms with E-state index in [0.29, 0.717) is 4.90 Å². The Balaban J connectivity index is 3.20. The summed E-state index contributed by atoms with van der Waals surface area (Å²) in [7, 11) is 2.53. The SMILES string of the molecule is CNC(=O)[C@]1(C)C[C@@H](C(=O)OC)N(C(=O)OC(C)(C)C)C1=O. The third kappa shape index (κ3) is 3.20. The van der Waals surface area contributed by atoms with Crippen molar-refractivity contribution in [3.05, 3.63) is 0 Å². The molecular formula is C14H22N2O6. The molecule has 124 valence electrons. The molecule has 3 amide bonds. The minimum atomic E-state index is -1.52. The number of rotatable bonds is 2. The van der Waals surface area contributed by atoms with Crippen LogP contribution in [-0.4, -0.2) is 54.6 Å². The van der Waals surface area contributed by atoms with Crippen LogP contribution in [0.4, 0.5) is 4.79 Å². The monoisotopic (exact) mass is 314 g/mol. The van der Waals surface area contributed by atoms with Gasteiger partial charge >= 0.3 is 12.1 Å². The lowest BCUT2D eigenvalue weighted by Gasteiger charge is -2.26. The molecule has 1 aliphatic rings. The highest BCUT2D eigenvalue weighted by molar-refractivity contribution is 6.13. The first-order valence-corrected chi connectivity index (χ1v) is 6.84. The summed E-state index contributed by atoms with van der Waals surface area (Å²) in [5.41, 5.74) is -2.37. The van der Waals surface area contributed by atoms with E-state index < -0.39 is 40.9 Å². The summed E-state index contributed by atoms with van der Waals surface area (Å²) in [6, 6.07) is -1.19. The molecule has 22 heavy (non-hydrogen) atoms. The van der Waals surface area contributed by atoms with Crippen molar-refractivity contribution in [3.63, 3.8) is 0 Å². The molecular weight excluding hydrogens is 292 g/mol. The third-order valence-corrected chi connectivity index (χ3v) is 3.40. The number of hydrogen-bond donors (Lipinski definition) is 1. The Morgan fingerprint density at radius 2 is 1.86 bits per heavy atom. The van der Waals surface area contributed by atoms with Crippen molar-refractivity contribution < 1.29 is 28.7 Å². The lowest BCUT2D eigenvalue weighted by molar-refractivity contribution is -0.150. The van der Waals surface area contributed by atoms with Crippen LogP contribution in [0.5, 0.6) is 0 Å².